The van der Waals surface area contributed by atoms with Gasteiger partial charge < -0.3 is 9.90 Å². The molecule has 2 bridgehead atoms. The molecular weight excluding hydrogens is 256 g/mol. The zero-order valence-corrected chi connectivity index (χ0v) is 13.4. The summed E-state index contributed by atoms with van der Waals surface area (Å²) in [5.74, 6) is -2.24. The predicted octanol–water partition coefficient (Wildman–Crippen LogP) is -4.21. The molecule has 0 aromatic rings. The van der Waals surface area contributed by atoms with Crippen LogP contribution in [-0.4, -0.2) is 35.8 Å². The number of aliphatic carboxylic acids is 1. The molecule has 0 amide bonds. The first-order valence-corrected chi connectivity index (χ1v) is 4.56. The molecule has 0 aliphatic carbocycles. The third kappa shape index (κ3) is 2.05. The maximum Gasteiger partial charge on any atom is 1.00 e. The van der Waals surface area contributed by atoms with E-state index in [-0.39, 0.29) is 76.1 Å². The number of fused-ring (bicyclic) bond motifs is 2. The van der Waals surface area contributed by atoms with Crippen LogP contribution in [0.4, 0.5) is 0 Å². The van der Waals surface area contributed by atoms with Crippen molar-refractivity contribution in [2.75, 3.05) is 7.05 Å². The molecule has 3 unspecified atom stereocenters. The Morgan fingerprint density at radius 3 is 2.71 bits per heavy atom. The second-order valence-electron chi connectivity index (χ2n) is 3.93. The molecule has 3 atom stereocenters. The van der Waals surface area contributed by atoms with E-state index in [0.29, 0.717) is 6.42 Å². The van der Waals surface area contributed by atoms with E-state index in [9.17, 15) is 14.7 Å². The van der Waals surface area contributed by atoms with E-state index in [4.69, 9.17) is 0 Å². The molecule has 2 heterocycles. The second-order valence-corrected chi connectivity index (χ2v) is 3.93. The second kappa shape index (κ2) is 4.83. The number of carboxylic acids is 1. The third-order valence-electron chi connectivity index (χ3n) is 3.32. The summed E-state index contributed by atoms with van der Waals surface area (Å²) in [6.45, 7) is 0. The molecule has 5 heteroatoms. The van der Waals surface area contributed by atoms with Crippen molar-refractivity contribution in [1.29, 1.82) is 0 Å². The Kier molecular flexibility index (Phi) is 4.47. The van der Waals surface area contributed by atoms with Gasteiger partial charge in [0, 0.05) is 18.5 Å². The molecule has 14 heavy (non-hydrogen) atoms. The number of piperidine rings is 1. The van der Waals surface area contributed by atoms with Gasteiger partial charge in [-0.05, 0) is 19.9 Å². The third-order valence-corrected chi connectivity index (χ3v) is 3.32. The number of hydrogen-bond donors (Lipinski definition) is 0. The van der Waals surface area contributed by atoms with Crippen LogP contribution in [0.5, 0.6) is 0 Å². The molecule has 0 aromatic heterocycles. The summed E-state index contributed by atoms with van der Waals surface area (Å²) in [7, 11) is 1.89. The van der Waals surface area contributed by atoms with Crippen LogP contribution in [0.2, 0.25) is 0 Å². The summed E-state index contributed by atoms with van der Waals surface area (Å²) in [5.41, 5.74) is 0. The van der Waals surface area contributed by atoms with Crippen LogP contribution in [0.3, 0.4) is 0 Å². The van der Waals surface area contributed by atoms with Crippen molar-refractivity contribution in [3.05, 3.63) is 0 Å². The fourth-order valence-electron chi connectivity index (χ4n) is 2.55. The number of carbonyl (C=O) groups is 2. The van der Waals surface area contributed by atoms with Crippen molar-refractivity contribution in [3.63, 3.8) is 0 Å². The summed E-state index contributed by atoms with van der Waals surface area (Å²) in [6.07, 6.45) is 2.13. The maximum absolute atomic E-state index is 11.4. The molecule has 4 nitrogen and oxygen atoms in total. The van der Waals surface area contributed by atoms with Gasteiger partial charge in [0.15, 0.2) is 0 Å². The molecule has 0 aromatic carbocycles. The molecule has 0 saturated carbocycles. The fraction of sp³-hybridized carbons (Fsp3) is 0.778. The van der Waals surface area contributed by atoms with Gasteiger partial charge in [-0.25, -0.2) is 0 Å². The van der Waals surface area contributed by atoms with Crippen LogP contribution in [-0.2, 0) is 9.59 Å². The average molecular weight is 268 g/mol. The summed E-state index contributed by atoms with van der Waals surface area (Å²) in [5, 5.41) is 10.7. The van der Waals surface area contributed by atoms with E-state index in [1.54, 1.807) is 0 Å². The fourth-order valence-corrected chi connectivity index (χ4v) is 2.55. The first kappa shape index (κ1) is 13.0. The van der Waals surface area contributed by atoms with E-state index in [1.165, 1.54) is 0 Å². The van der Waals surface area contributed by atoms with Crippen molar-refractivity contribution in [2.45, 2.75) is 31.3 Å². The topological polar surface area (TPSA) is 60.4 Å². The molecule has 0 N–H and O–H groups in total. The van der Waals surface area contributed by atoms with Gasteiger partial charge in [0.05, 0.1) is 11.9 Å². The number of ketones is 1. The van der Waals surface area contributed by atoms with E-state index < -0.39 is 11.9 Å². The van der Waals surface area contributed by atoms with E-state index >= 15 is 0 Å². The number of carboxylic acid groups (broad SMARTS) is 1. The van der Waals surface area contributed by atoms with Crippen LogP contribution in [0.25, 0.3) is 0 Å². The zero-order valence-electron chi connectivity index (χ0n) is 8.53. The van der Waals surface area contributed by atoms with Crippen molar-refractivity contribution in [3.8, 4) is 0 Å². The monoisotopic (exact) mass is 267 g/mol. The van der Waals surface area contributed by atoms with Gasteiger partial charge in [0.25, 0.3) is 0 Å². The molecule has 0 spiro atoms. The molecule has 2 rings (SSSR count). The number of nitrogens with zero attached hydrogens (tertiary/aromatic N) is 1. The first-order chi connectivity index (χ1) is 6.11. The van der Waals surface area contributed by atoms with E-state index in [1.807, 2.05) is 11.9 Å². The SMILES string of the molecule is CN1C2CCC1C(C(=O)[O-])C(=O)C2.[Rb+]. The van der Waals surface area contributed by atoms with Gasteiger partial charge in [-0.2, -0.15) is 0 Å². The Hall–Kier alpha value is 0.905. The molecule has 2 fully saturated rings. The molecular formula is C9H12NO3Rb. The van der Waals surface area contributed by atoms with Crippen LogP contribution in [0.1, 0.15) is 19.3 Å². The van der Waals surface area contributed by atoms with E-state index in [2.05, 4.69) is 0 Å². The van der Waals surface area contributed by atoms with Gasteiger partial charge in [-0.15, -0.1) is 0 Å². The smallest absolute Gasteiger partial charge is 0.549 e. The van der Waals surface area contributed by atoms with Crippen molar-refractivity contribution < 1.29 is 72.9 Å². The van der Waals surface area contributed by atoms with Gasteiger partial charge in [0.2, 0.25) is 0 Å². The summed E-state index contributed by atoms with van der Waals surface area (Å²) in [4.78, 5) is 24.1. The van der Waals surface area contributed by atoms with Crippen molar-refractivity contribution in [1.82, 2.24) is 4.90 Å². The maximum atomic E-state index is 11.4. The van der Waals surface area contributed by atoms with Gasteiger partial charge >= 0.3 is 58.2 Å². The number of hydrogen-bond acceptors (Lipinski definition) is 4. The molecule has 2 aliphatic rings. The molecule has 72 valence electrons. The Morgan fingerprint density at radius 1 is 1.50 bits per heavy atom. The first-order valence-electron chi connectivity index (χ1n) is 4.56. The van der Waals surface area contributed by atoms with E-state index in [0.717, 1.165) is 12.8 Å². The van der Waals surface area contributed by atoms with Gasteiger partial charge in [-0.1, -0.05) is 0 Å². The Bertz CT molecular complexity index is 269. The zero-order chi connectivity index (χ0) is 9.59. The number of carbonyl (C=O) groups excluding carboxylic acids is 2. The average Bonchev–Trinajstić information content (AvgIpc) is 2.34. The summed E-state index contributed by atoms with van der Waals surface area (Å²) >= 11 is 0. The molecule has 2 saturated heterocycles. The predicted molar refractivity (Wildman–Crippen MR) is 42.7 cm³/mol. The molecule has 2 aliphatic heterocycles. The Morgan fingerprint density at radius 2 is 2.14 bits per heavy atom. The Balaban J connectivity index is 0.000000980. The van der Waals surface area contributed by atoms with Gasteiger partial charge in [-0.3, -0.25) is 9.69 Å². The summed E-state index contributed by atoms with van der Waals surface area (Å²) < 4.78 is 0. The Labute approximate surface area is 132 Å². The van der Waals surface area contributed by atoms with Gasteiger partial charge in [0.1, 0.15) is 5.78 Å². The van der Waals surface area contributed by atoms with Crippen LogP contribution >= 0.6 is 0 Å². The summed E-state index contributed by atoms with van der Waals surface area (Å²) in [6, 6.07) is 0.157. The van der Waals surface area contributed by atoms with Crippen LogP contribution < -0.4 is 63.3 Å². The minimum Gasteiger partial charge on any atom is -0.549 e. The largest absolute Gasteiger partial charge is 1.00 e. The van der Waals surface area contributed by atoms with Crippen LogP contribution in [0.15, 0.2) is 0 Å². The minimum absolute atomic E-state index is 0. The quantitative estimate of drug-likeness (QED) is 0.452. The normalized spacial score (nSPS) is 36.6. The number of rotatable bonds is 1. The van der Waals surface area contributed by atoms with Crippen molar-refractivity contribution >= 4 is 11.8 Å². The van der Waals surface area contributed by atoms with Crippen LogP contribution in [0, 0.1) is 5.92 Å². The van der Waals surface area contributed by atoms with Crippen molar-refractivity contribution in [2.24, 2.45) is 5.92 Å². The minimum atomic E-state index is -1.21. The number of Topliss-reactive ketones (excluding diaryl/α,β-unsaturated/α-hetero) is 1. The standard InChI is InChI=1S/C9H13NO3.Rb/c1-10-5-2-3-6(10)8(9(12)13)7(11)4-5;/h5-6,8H,2-4H2,1H3,(H,12,13);/q;+1/p-1. The molecule has 0 radical (unpaired) electrons.